The van der Waals surface area contributed by atoms with Crippen LogP contribution in [0.4, 0.5) is 5.82 Å². The number of anilines is 1. The summed E-state index contributed by atoms with van der Waals surface area (Å²) in [4.78, 5) is 24.7. The molecule has 1 atom stereocenters. The molecule has 6 heteroatoms. The highest BCUT2D eigenvalue weighted by molar-refractivity contribution is 5.91. The lowest BCUT2D eigenvalue weighted by Crippen LogP contribution is -2.33. The minimum absolute atomic E-state index is 0.0601. The van der Waals surface area contributed by atoms with Crippen molar-refractivity contribution in [3.8, 4) is 0 Å². The molecule has 0 bridgehead atoms. The van der Waals surface area contributed by atoms with Crippen molar-refractivity contribution in [3.63, 3.8) is 0 Å². The molecule has 20 heavy (non-hydrogen) atoms. The van der Waals surface area contributed by atoms with Crippen LogP contribution in [0.25, 0.3) is 0 Å². The number of likely N-dealkylation sites (tertiary alicyclic amines) is 1. The highest BCUT2D eigenvalue weighted by atomic mass is 16.2. The molecule has 1 aromatic heterocycles. The second kappa shape index (κ2) is 6.65. The number of nitrogens with zero attached hydrogens (tertiary/aromatic N) is 4. The van der Waals surface area contributed by atoms with Crippen LogP contribution in [0.2, 0.25) is 0 Å². The highest BCUT2D eigenvalue weighted by Crippen LogP contribution is 2.16. The number of carbonyl (C=O) groups is 1. The molecule has 1 N–H and O–H groups in total. The normalized spacial score (nSPS) is 19.1. The number of rotatable bonds is 5. The largest absolute Gasteiger partial charge is 0.369 e. The third-order valence-corrected chi connectivity index (χ3v) is 3.60. The Kier molecular flexibility index (Phi) is 4.89. The standard InChI is InChI=1S/C14H23N5O/c1-4-15-13-8-16-12(7-17-13)14(20)19(3)10-11-5-6-18(2)9-11/h7-8,11H,4-6,9-10H2,1-3H3,(H,15,17). The van der Waals surface area contributed by atoms with Gasteiger partial charge in [-0.3, -0.25) is 4.79 Å². The molecule has 1 aliphatic rings. The minimum atomic E-state index is -0.0601. The Hall–Kier alpha value is -1.69. The van der Waals surface area contributed by atoms with Crippen LogP contribution in [0.15, 0.2) is 12.4 Å². The summed E-state index contributed by atoms with van der Waals surface area (Å²) in [7, 11) is 3.95. The lowest BCUT2D eigenvalue weighted by atomic mass is 10.1. The van der Waals surface area contributed by atoms with E-state index in [1.807, 2.05) is 14.0 Å². The van der Waals surface area contributed by atoms with Crippen molar-refractivity contribution in [2.45, 2.75) is 13.3 Å². The molecule has 0 saturated carbocycles. The van der Waals surface area contributed by atoms with Crippen LogP contribution in [0.5, 0.6) is 0 Å². The van der Waals surface area contributed by atoms with E-state index in [1.165, 1.54) is 6.20 Å². The van der Waals surface area contributed by atoms with E-state index in [-0.39, 0.29) is 5.91 Å². The van der Waals surface area contributed by atoms with Crippen molar-refractivity contribution in [2.75, 3.05) is 45.6 Å². The fourth-order valence-corrected chi connectivity index (χ4v) is 2.55. The van der Waals surface area contributed by atoms with E-state index >= 15 is 0 Å². The highest BCUT2D eigenvalue weighted by Gasteiger charge is 2.23. The van der Waals surface area contributed by atoms with Crippen molar-refractivity contribution in [1.29, 1.82) is 0 Å². The molecular weight excluding hydrogens is 254 g/mol. The van der Waals surface area contributed by atoms with Gasteiger partial charge in [0.1, 0.15) is 11.5 Å². The van der Waals surface area contributed by atoms with Crippen molar-refractivity contribution >= 4 is 11.7 Å². The summed E-state index contributed by atoms with van der Waals surface area (Å²) in [5.74, 6) is 1.20. The number of carbonyl (C=O) groups excluding carboxylic acids is 1. The molecule has 110 valence electrons. The van der Waals surface area contributed by atoms with Crippen LogP contribution in [0, 0.1) is 5.92 Å². The summed E-state index contributed by atoms with van der Waals surface area (Å²) in [6, 6.07) is 0. The molecule has 1 aromatic rings. The van der Waals surface area contributed by atoms with E-state index in [4.69, 9.17) is 0 Å². The average molecular weight is 277 g/mol. The van der Waals surface area contributed by atoms with Gasteiger partial charge in [0.05, 0.1) is 12.4 Å². The van der Waals surface area contributed by atoms with Gasteiger partial charge in [0.15, 0.2) is 0 Å². The van der Waals surface area contributed by atoms with Gasteiger partial charge in [-0.1, -0.05) is 0 Å². The summed E-state index contributed by atoms with van der Waals surface area (Å²) in [5, 5.41) is 3.06. The molecular formula is C14H23N5O. The molecule has 2 heterocycles. The first-order valence-electron chi connectivity index (χ1n) is 7.10. The fraction of sp³-hybridized carbons (Fsp3) is 0.643. The minimum Gasteiger partial charge on any atom is -0.369 e. The summed E-state index contributed by atoms with van der Waals surface area (Å²) in [6.45, 7) is 5.73. The van der Waals surface area contributed by atoms with Crippen LogP contribution < -0.4 is 5.32 Å². The van der Waals surface area contributed by atoms with Crippen LogP contribution in [-0.2, 0) is 0 Å². The van der Waals surface area contributed by atoms with E-state index in [0.29, 0.717) is 17.4 Å². The molecule has 1 amide bonds. The van der Waals surface area contributed by atoms with Crippen molar-refractivity contribution in [1.82, 2.24) is 19.8 Å². The summed E-state index contributed by atoms with van der Waals surface area (Å²) in [6.07, 6.45) is 4.30. The number of aromatic nitrogens is 2. The summed E-state index contributed by atoms with van der Waals surface area (Å²) in [5.41, 5.74) is 0.403. The van der Waals surface area contributed by atoms with Gasteiger partial charge in [0.2, 0.25) is 0 Å². The molecule has 1 fully saturated rings. The lowest BCUT2D eigenvalue weighted by molar-refractivity contribution is 0.0768. The van der Waals surface area contributed by atoms with Crippen molar-refractivity contribution < 1.29 is 4.79 Å². The topological polar surface area (TPSA) is 61.4 Å². The maximum Gasteiger partial charge on any atom is 0.273 e. The first-order valence-corrected chi connectivity index (χ1v) is 7.10. The smallest absolute Gasteiger partial charge is 0.273 e. The van der Waals surface area contributed by atoms with Gasteiger partial charge in [-0.2, -0.15) is 0 Å². The van der Waals surface area contributed by atoms with Crippen LogP contribution in [0.1, 0.15) is 23.8 Å². The second-order valence-corrected chi connectivity index (χ2v) is 5.42. The Morgan fingerprint density at radius 1 is 1.50 bits per heavy atom. The molecule has 1 unspecified atom stereocenters. The fourth-order valence-electron chi connectivity index (χ4n) is 2.55. The predicted molar refractivity (Wildman–Crippen MR) is 78.8 cm³/mol. The first kappa shape index (κ1) is 14.7. The van der Waals surface area contributed by atoms with E-state index in [1.54, 1.807) is 11.1 Å². The Bertz CT molecular complexity index is 447. The number of nitrogens with one attached hydrogen (secondary N) is 1. The SMILES string of the molecule is CCNc1cnc(C(=O)N(C)CC2CCN(C)C2)cn1. The van der Waals surface area contributed by atoms with E-state index < -0.39 is 0 Å². The lowest BCUT2D eigenvalue weighted by Gasteiger charge is -2.20. The predicted octanol–water partition coefficient (Wildman–Crippen LogP) is 0.932. The van der Waals surface area contributed by atoms with E-state index in [0.717, 1.165) is 32.6 Å². The molecule has 2 rings (SSSR count). The van der Waals surface area contributed by atoms with Gasteiger partial charge < -0.3 is 15.1 Å². The molecule has 0 aliphatic carbocycles. The van der Waals surface area contributed by atoms with E-state index in [9.17, 15) is 4.79 Å². The Balaban J connectivity index is 1.92. The third-order valence-electron chi connectivity index (χ3n) is 3.60. The third kappa shape index (κ3) is 3.66. The molecule has 1 saturated heterocycles. The molecule has 6 nitrogen and oxygen atoms in total. The Labute approximate surface area is 120 Å². The maximum atomic E-state index is 12.3. The quantitative estimate of drug-likeness (QED) is 0.867. The molecule has 1 aliphatic heterocycles. The monoisotopic (exact) mass is 277 g/mol. The average Bonchev–Trinajstić information content (AvgIpc) is 2.84. The van der Waals surface area contributed by atoms with Crippen LogP contribution >= 0.6 is 0 Å². The zero-order valence-electron chi connectivity index (χ0n) is 12.5. The Morgan fingerprint density at radius 2 is 2.30 bits per heavy atom. The van der Waals surface area contributed by atoms with Crippen molar-refractivity contribution in [2.24, 2.45) is 5.92 Å². The van der Waals surface area contributed by atoms with Gasteiger partial charge in [0, 0.05) is 26.7 Å². The molecule has 0 aromatic carbocycles. The van der Waals surface area contributed by atoms with E-state index in [2.05, 4.69) is 27.2 Å². The van der Waals surface area contributed by atoms with Gasteiger partial charge in [-0.25, -0.2) is 9.97 Å². The number of hydrogen-bond donors (Lipinski definition) is 1. The first-order chi connectivity index (χ1) is 9.60. The van der Waals surface area contributed by atoms with Crippen LogP contribution in [0.3, 0.4) is 0 Å². The molecule has 0 radical (unpaired) electrons. The molecule has 0 spiro atoms. The number of hydrogen-bond acceptors (Lipinski definition) is 5. The van der Waals surface area contributed by atoms with Gasteiger partial charge in [-0.05, 0) is 32.9 Å². The van der Waals surface area contributed by atoms with Gasteiger partial charge in [-0.15, -0.1) is 0 Å². The van der Waals surface area contributed by atoms with Crippen molar-refractivity contribution in [3.05, 3.63) is 18.1 Å². The second-order valence-electron chi connectivity index (χ2n) is 5.42. The summed E-state index contributed by atoms with van der Waals surface area (Å²) >= 11 is 0. The zero-order chi connectivity index (χ0) is 14.5. The van der Waals surface area contributed by atoms with Gasteiger partial charge in [0.25, 0.3) is 5.91 Å². The number of amides is 1. The van der Waals surface area contributed by atoms with Gasteiger partial charge >= 0.3 is 0 Å². The van der Waals surface area contributed by atoms with Crippen LogP contribution in [-0.4, -0.2) is 65.9 Å². The Morgan fingerprint density at radius 3 is 2.85 bits per heavy atom. The zero-order valence-corrected chi connectivity index (χ0v) is 12.5. The maximum absolute atomic E-state index is 12.3. The summed E-state index contributed by atoms with van der Waals surface area (Å²) < 4.78 is 0.